The Morgan fingerprint density at radius 2 is 2.00 bits per heavy atom. The monoisotopic (exact) mass is 383 g/mol. The minimum absolute atomic E-state index is 0. The molecule has 3 N–H and O–H groups in total. The van der Waals surface area contributed by atoms with Crippen LogP contribution >= 0.6 is 23.7 Å². The minimum atomic E-state index is -0.886. The molecule has 0 aliphatic carbocycles. The van der Waals surface area contributed by atoms with Crippen molar-refractivity contribution in [3.63, 3.8) is 0 Å². The topological polar surface area (TPSA) is 95.7 Å². The first kappa shape index (κ1) is 17.9. The standard InChI is InChI=1S/C16H17N3O4S.ClH/c17-16(3-5-21-6-4-16)14(20)19-15-18-11(8-24-15)10-1-2-12-13(7-10)23-9-22-12;/h1-2,7-8H,3-6,9,17H2,(H,18,19,20);1H. The number of rotatable bonds is 3. The number of nitrogens with zero attached hydrogens (tertiary/aromatic N) is 1. The van der Waals surface area contributed by atoms with Gasteiger partial charge in [0.15, 0.2) is 16.6 Å². The van der Waals surface area contributed by atoms with Gasteiger partial charge in [-0.15, -0.1) is 23.7 Å². The molecule has 1 amide bonds. The van der Waals surface area contributed by atoms with Gasteiger partial charge in [-0.3, -0.25) is 4.79 Å². The van der Waals surface area contributed by atoms with E-state index in [1.54, 1.807) is 0 Å². The van der Waals surface area contributed by atoms with Crippen LogP contribution in [-0.2, 0) is 9.53 Å². The van der Waals surface area contributed by atoms with Crippen LogP contribution in [0.2, 0.25) is 0 Å². The van der Waals surface area contributed by atoms with E-state index in [0.717, 1.165) is 17.0 Å². The van der Waals surface area contributed by atoms with E-state index >= 15 is 0 Å². The summed E-state index contributed by atoms with van der Waals surface area (Å²) in [4.78, 5) is 16.9. The highest BCUT2D eigenvalue weighted by Crippen LogP contribution is 2.36. The number of carbonyl (C=O) groups excluding carboxylic acids is 1. The van der Waals surface area contributed by atoms with Gasteiger partial charge < -0.3 is 25.3 Å². The molecule has 25 heavy (non-hydrogen) atoms. The average Bonchev–Trinajstić information content (AvgIpc) is 3.23. The number of ether oxygens (including phenoxy) is 3. The van der Waals surface area contributed by atoms with E-state index in [-0.39, 0.29) is 25.1 Å². The Labute approximate surface area is 154 Å². The summed E-state index contributed by atoms with van der Waals surface area (Å²) in [6.07, 6.45) is 1.03. The Kier molecular flexibility index (Phi) is 5.14. The molecule has 134 valence electrons. The molecule has 1 fully saturated rings. The van der Waals surface area contributed by atoms with Crippen molar-refractivity contribution >= 4 is 34.8 Å². The van der Waals surface area contributed by atoms with Crippen LogP contribution in [0.5, 0.6) is 11.5 Å². The van der Waals surface area contributed by atoms with E-state index in [1.807, 2.05) is 23.6 Å². The van der Waals surface area contributed by atoms with Gasteiger partial charge in [-0.05, 0) is 31.0 Å². The van der Waals surface area contributed by atoms with E-state index < -0.39 is 5.54 Å². The van der Waals surface area contributed by atoms with E-state index in [9.17, 15) is 4.79 Å². The van der Waals surface area contributed by atoms with E-state index in [1.165, 1.54) is 11.3 Å². The van der Waals surface area contributed by atoms with Gasteiger partial charge in [0.05, 0.1) is 5.69 Å². The maximum absolute atomic E-state index is 12.4. The van der Waals surface area contributed by atoms with Crippen molar-refractivity contribution in [1.82, 2.24) is 4.98 Å². The highest BCUT2D eigenvalue weighted by molar-refractivity contribution is 7.14. The largest absolute Gasteiger partial charge is 0.454 e. The number of nitrogens with two attached hydrogens (primary N) is 1. The molecule has 3 heterocycles. The molecule has 9 heteroatoms. The highest BCUT2D eigenvalue weighted by Gasteiger charge is 2.36. The maximum Gasteiger partial charge on any atom is 0.246 e. The third-order valence-corrected chi connectivity index (χ3v) is 4.99. The van der Waals surface area contributed by atoms with Crippen LogP contribution in [0.3, 0.4) is 0 Å². The highest BCUT2D eigenvalue weighted by atomic mass is 35.5. The number of hydrogen-bond donors (Lipinski definition) is 2. The number of thiazole rings is 1. The van der Waals surface area contributed by atoms with Gasteiger partial charge in [0.25, 0.3) is 0 Å². The number of carbonyl (C=O) groups is 1. The molecule has 1 aromatic carbocycles. The van der Waals surface area contributed by atoms with Crippen molar-refractivity contribution < 1.29 is 19.0 Å². The summed E-state index contributed by atoms with van der Waals surface area (Å²) in [5.41, 5.74) is 6.98. The zero-order valence-corrected chi connectivity index (χ0v) is 15.0. The van der Waals surface area contributed by atoms with Gasteiger partial charge in [-0.1, -0.05) is 0 Å². The van der Waals surface area contributed by atoms with E-state index in [4.69, 9.17) is 19.9 Å². The molecule has 0 radical (unpaired) electrons. The molecule has 0 spiro atoms. The van der Waals surface area contributed by atoms with Crippen LogP contribution in [0.15, 0.2) is 23.6 Å². The van der Waals surface area contributed by atoms with E-state index in [0.29, 0.717) is 36.9 Å². The predicted octanol–water partition coefficient (Wildman–Crippen LogP) is 2.41. The van der Waals surface area contributed by atoms with Crippen LogP contribution in [0, 0.1) is 0 Å². The molecule has 0 bridgehead atoms. The quantitative estimate of drug-likeness (QED) is 0.845. The van der Waals surface area contributed by atoms with Gasteiger partial charge in [-0.2, -0.15) is 0 Å². The van der Waals surface area contributed by atoms with Crippen LogP contribution in [-0.4, -0.2) is 36.4 Å². The number of aromatic nitrogens is 1. The fraction of sp³-hybridized carbons (Fsp3) is 0.375. The lowest BCUT2D eigenvalue weighted by molar-refractivity contribution is -0.124. The van der Waals surface area contributed by atoms with Crippen LogP contribution < -0.4 is 20.5 Å². The second kappa shape index (κ2) is 7.17. The number of fused-ring (bicyclic) bond motifs is 1. The Balaban J connectivity index is 0.00000182. The van der Waals surface area contributed by atoms with Crippen LogP contribution in [0.1, 0.15) is 12.8 Å². The van der Waals surface area contributed by atoms with Crippen molar-refractivity contribution in [2.24, 2.45) is 5.73 Å². The third-order valence-electron chi connectivity index (χ3n) is 4.23. The van der Waals surface area contributed by atoms with Gasteiger partial charge in [-0.25, -0.2) is 4.98 Å². The molecule has 2 aromatic rings. The van der Waals surface area contributed by atoms with Crippen LogP contribution in [0.4, 0.5) is 5.13 Å². The van der Waals surface area contributed by atoms with Crippen molar-refractivity contribution in [3.8, 4) is 22.8 Å². The number of halogens is 1. The summed E-state index contributed by atoms with van der Waals surface area (Å²) in [5, 5.41) is 5.25. The van der Waals surface area contributed by atoms with Gasteiger partial charge in [0.1, 0.15) is 5.54 Å². The molecule has 7 nitrogen and oxygen atoms in total. The second-order valence-corrected chi connectivity index (χ2v) is 6.69. The van der Waals surface area contributed by atoms with Gasteiger partial charge in [0.2, 0.25) is 12.7 Å². The molecule has 1 aromatic heterocycles. The van der Waals surface area contributed by atoms with Crippen molar-refractivity contribution in [3.05, 3.63) is 23.6 Å². The SMILES string of the molecule is Cl.NC1(C(=O)Nc2nc(-c3ccc4c(c3)OCO4)cs2)CCOCC1. The fourth-order valence-corrected chi connectivity index (χ4v) is 3.42. The lowest BCUT2D eigenvalue weighted by Gasteiger charge is -2.31. The molecule has 0 saturated carbocycles. The zero-order chi connectivity index (χ0) is 16.6. The summed E-state index contributed by atoms with van der Waals surface area (Å²) in [6.45, 7) is 1.24. The number of hydrogen-bond acceptors (Lipinski definition) is 7. The van der Waals surface area contributed by atoms with Gasteiger partial charge in [0, 0.05) is 24.2 Å². The summed E-state index contributed by atoms with van der Waals surface area (Å²) < 4.78 is 16.0. The minimum Gasteiger partial charge on any atom is -0.454 e. The molecule has 2 aliphatic heterocycles. The molecule has 1 saturated heterocycles. The number of benzene rings is 1. The second-order valence-electron chi connectivity index (χ2n) is 5.83. The Morgan fingerprint density at radius 3 is 2.80 bits per heavy atom. The summed E-state index contributed by atoms with van der Waals surface area (Å²) in [6, 6.07) is 5.65. The number of anilines is 1. The first-order valence-corrected chi connectivity index (χ1v) is 8.56. The lowest BCUT2D eigenvalue weighted by Crippen LogP contribution is -2.54. The van der Waals surface area contributed by atoms with Crippen molar-refractivity contribution in [2.75, 3.05) is 25.3 Å². The van der Waals surface area contributed by atoms with Crippen molar-refractivity contribution in [2.45, 2.75) is 18.4 Å². The molecule has 2 aliphatic rings. The zero-order valence-electron chi connectivity index (χ0n) is 13.3. The molecule has 0 unspecified atom stereocenters. The van der Waals surface area contributed by atoms with Crippen LogP contribution in [0.25, 0.3) is 11.3 Å². The molecular formula is C16H18ClN3O4S. The number of amides is 1. The first-order valence-electron chi connectivity index (χ1n) is 7.68. The predicted molar refractivity (Wildman–Crippen MR) is 96.5 cm³/mol. The Hall–Kier alpha value is -1.87. The van der Waals surface area contributed by atoms with E-state index in [2.05, 4.69) is 10.3 Å². The maximum atomic E-state index is 12.4. The third kappa shape index (κ3) is 3.57. The molecular weight excluding hydrogens is 366 g/mol. The molecule has 4 rings (SSSR count). The molecule has 0 atom stereocenters. The smallest absolute Gasteiger partial charge is 0.246 e. The first-order chi connectivity index (χ1) is 11.6. The Morgan fingerprint density at radius 1 is 1.24 bits per heavy atom. The lowest BCUT2D eigenvalue weighted by atomic mass is 9.90. The summed E-state index contributed by atoms with van der Waals surface area (Å²) >= 11 is 1.37. The average molecular weight is 384 g/mol. The summed E-state index contributed by atoms with van der Waals surface area (Å²) in [7, 11) is 0. The normalized spacial score (nSPS) is 17.6. The fourth-order valence-electron chi connectivity index (χ4n) is 2.70. The Bertz CT molecular complexity index is 776. The van der Waals surface area contributed by atoms with Gasteiger partial charge >= 0.3 is 0 Å². The number of nitrogens with one attached hydrogen (secondary N) is 1. The summed E-state index contributed by atoms with van der Waals surface area (Å²) in [5.74, 6) is 1.22. The van der Waals surface area contributed by atoms with Crippen molar-refractivity contribution in [1.29, 1.82) is 0 Å².